The number of carbonyl (C=O) groups excluding carboxylic acids is 1. The molecule has 0 aromatic heterocycles. The number of rotatable bonds is 7. The Morgan fingerprint density at radius 2 is 1.77 bits per heavy atom. The van der Waals surface area contributed by atoms with Crippen molar-refractivity contribution in [3.05, 3.63) is 58.6 Å². The van der Waals surface area contributed by atoms with Gasteiger partial charge in [-0.3, -0.25) is 4.79 Å². The van der Waals surface area contributed by atoms with Gasteiger partial charge in [-0.05, 0) is 67.5 Å². The number of amides is 1. The third kappa shape index (κ3) is 5.59. The third-order valence-corrected chi connectivity index (χ3v) is 8.14. The van der Waals surface area contributed by atoms with Gasteiger partial charge in [-0.15, -0.1) is 0 Å². The predicted molar refractivity (Wildman–Crippen MR) is 122 cm³/mol. The molecule has 0 atom stereocenters. The fraction of sp³-hybridized carbons (Fsp3) is 0.435. The minimum absolute atomic E-state index is 0.0422. The van der Waals surface area contributed by atoms with Crippen LogP contribution in [0.3, 0.4) is 0 Å². The van der Waals surface area contributed by atoms with Gasteiger partial charge in [0.25, 0.3) is 5.91 Å². The highest BCUT2D eigenvalue weighted by molar-refractivity contribution is 7.89. The maximum Gasteiger partial charge on any atom is 0.253 e. The summed E-state index contributed by atoms with van der Waals surface area (Å²) >= 11 is 6.10. The highest BCUT2D eigenvalue weighted by atomic mass is 35.5. The monoisotopic (exact) mass is 464 g/mol. The highest BCUT2D eigenvalue weighted by Gasteiger charge is 2.26. The van der Waals surface area contributed by atoms with Gasteiger partial charge < -0.3 is 9.64 Å². The van der Waals surface area contributed by atoms with Crippen LogP contribution in [-0.2, 0) is 16.4 Å². The van der Waals surface area contributed by atoms with Gasteiger partial charge in [-0.25, -0.2) is 12.7 Å². The van der Waals surface area contributed by atoms with Crippen molar-refractivity contribution >= 4 is 27.5 Å². The molecule has 0 radical (unpaired) electrons. The van der Waals surface area contributed by atoms with Gasteiger partial charge in [0.1, 0.15) is 10.6 Å². The number of halogens is 1. The summed E-state index contributed by atoms with van der Waals surface area (Å²) < 4.78 is 31.3. The Kier molecular flexibility index (Phi) is 7.62. The first-order valence-electron chi connectivity index (χ1n) is 10.4. The molecule has 1 fully saturated rings. The Hall–Kier alpha value is -2.09. The molecule has 0 spiro atoms. The Morgan fingerprint density at radius 3 is 2.35 bits per heavy atom. The van der Waals surface area contributed by atoms with Crippen molar-refractivity contribution in [2.24, 2.45) is 5.92 Å². The Bertz CT molecular complexity index is 1010. The third-order valence-electron chi connectivity index (χ3n) is 5.84. The largest absolute Gasteiger partial charge is 0.497 e. The van der Waals surface area contributed by atoms with Gasteiger partial charge in [0.05, 0.1) is 12.1 Å². The van der Waals surface area contributed by atoms with Gasteiger partial charge in [-0.2, -0.15) is 0 Å². The molecule has 2 aromatic rings. The summed E-state index contributed by atoms with van der Waals surface area (Å²) in [6.07, 6.45) is 3.97. The van der Waals surface area contributed by atoms with E-state index in [4.69, 9.17) is 16.3 Å². The number of hydrogen-bond donors (Lipinski definition) is 0. The molecule has 3 rings (SSSR count). The van der Waals surface area contributed by atoms with E-state index < -0.39 is 10.0 Å². The van der Waals surface area contributed by atoms with Gasteiger partial charge in [-0.1, -0.05) is 23.7 Å². The number of aryl methyl sites for hydroxylation is 1. The van der Waals surface area contributed by atoms with Crippen molar-refractivity contribution in [3.63, 3.8) is 0 Å². The van der Waals surface area contributed by atoms with Crippen LogP contribution < -0.4 is 4.74 Å². The van der Waals surface area contributed by atoms with Gasteiger partial charge in [0.2, 0.25) is 10.0 Å². The van der Waals surface area contributed by atoms with Crippen LogP contribution in [0.25, 0.3) is 0 Å². The van der Waals surface area contributed by atoms with Crippen molar-refractivity contribution in [1.29, 1.82) is 0 Å². The first-order valence-corrected chi connectivity index (χ1v) is 12.2. The standard InChI is InChI=1S/C23H29ClN2O4S/c1-25(2)31(28,29)22-16-19(8-11-21(22)24)23(27)26-14-12-18(13-15-26)5-4-17-6-9-20(30-3)10-7-17/h6-11,16,18H,4-5,12-15H2,1-3H3. The quantitative estimate of drug-likeness (QED) is 0.619. The molecule has 8 heteroatoms. The van der Waals surface area contributed by atoms with E-state index in [0.717, 1.165) is 35.7 Å². The zero-order valence-electron chi connectivity index (χ0n) is 18.2. The Labute approximate surface area is 189 Å². The molecule has 0 aliphatic carbocycles. The van der Waals surface area contributed by atoms with E-state index in [1.54, 1.807) is 18.1 Å². The second kappa shape index (κ2) is 10.0. The average molecular weight is 465 g/mol. The lowest BCUT2D eigenvalue weighted by molar-refractivity contribution is 0.0686. The first-order chi connectivity index (χ1) is 14.7. The van der Waals surface area contributed by atoms with Crippen molar-refractivity contribution in [1.82, 2.24) is 9.21 Å². The lowest BCUT2D eigenvalue weighted by Gasteiger charge is -2.32. The molecule has 168 valence electrons. The summed E-state index contributed by atoms with van der Waals surface area (Å²) in [5.41, 5.74) is 1.64. The molecule has 0 saturated carbocycles. The number of ether oxygens (including phenoxy) is 1. The topological polar surface area (TPSA) is 66.9 Å². The molecular formula is C23H29ClN2O4S. The normalized spacial score (nSPS) is 15.3. The zero-order chi connectivity index (χ0) is 22.6. The maximum absolute atomic E-state index is 13.0. The molecule has 1 aliphatic rings. The highest BCUT2D eigenvalue weighted by Crippen LogP contribution is 2.27. The molecule has 0 unspecified atom stereocenters. The van der Waals surface area contributed by atoms with Crippen LogP contribution in [0, 0.1) is 5.92 Å². The van der Waals surface area contributed by atoms with E-state index in [0.29, 0.717) is 24.6 Å². The summed E-state index contributed by atoms with van der Waals surface area (Å²) in [4.78, 5) is 14.7. The van der Waals surface area contributed by atoms with E-state index in [2.05, 4.69) is 12.1 Å². The van der Waals surface area contributed by atoms with E-state index >= 15 is 0 Å². The number of nitrogens with zero attached hydrogens (tertiary/aromatic N) is 2. The smallest absolute Gasteiger partial charge is 0.253 e. The van der Waals surface area contributed by atoms with E-state index in [-0.39, 0.29) is 15.8 Å². The van der Waals surface area contributed by atoms with Crippen LogP contribution in [-0.4, -0.2) is 57.8 Å². The first kappa shape index (κ1) is 23.6. The number of methoxy groups -OCH3 is 1. The molecule has 31 heavy (non-hydrogen) atoms. The number of hydrogen-bond acceptors (Lipinski definition) is 4. The van der Waals surface area contributed by atoms with Gasteiger partial charge >= 0.3 is 0 Å². The lowest BCUT2D eigenvalue weighted by atomic mass is 9.90. The van der Waals surface area contributed by atoms with Crippen LogP contribution in [0.15, 0.2) is 47.4 Å². The number of likely N-dealkylation sites (tertiary alicyclic amines) is 1. The van der Waals surface area contributed by atoms with Crippen molar-refractivity contribution in [2.45, 2.75) is 30.6 Å². The predicted octanol–water partition coefficient (Wildman–Crippen LogP) is 4.08. The number of piperidine rings is 1. The summed E-state index contributed by atoms with van der Waals surface area (Å²) in [7, 11) is 0.827. The molecule has 1 aliphatic heterocycles. The van der Waals surface area contributed by atoms with Crippen LogP contribution >= 0.6 is 11.6 Å². The van der Waals surface area contributed by atoms with E-state index in [1.165, 1.54) is 31.8 Å². The van der Waals surface area contributed by atoms with Gasteiger partial charge in [0.15, 0.2) is 0 Å². The second-order valence-corrected chi connectivity index (χ2v) is 10.6. The van der Waals surface area contributed by atoms with Gasteiger partial charge in [0, 0.05) is 32.7 Å². The van der Waals surface area contributed by atoms with Crippen molar-refractivity contribution in [3.8, 4) is 5.75 Å². The molecule has 6 nitrogen and oxygen atoms in total. The SMILES string of the molecule is COc1ccc(CCC2CCN(C(=O)c3ccc(Cl)c(S(=O)(=O)N(C)C)c3)CC2)cc1. The average Bonchev–Trinajstić information content (AvgIpc) is 2.78. The molecule has 0 bridgehead atoms. The Balaban J connectivity index is 1.59. The van der Waals surface area contributed by atoms with E-state index in [9.17, 15) is 13.2 Å². The number of sulfonamides is 1. The van der Waals surface area contributed by atoms with Crippen LogP contribution in [0.5, 0.6) is 5.75 Å². The maximum atomic E-state index is 13.0. The number of benzene rings is 2. The summed E-state index contributed by atoms with van der Waals surface area (Å²) in [6, 6.07) is 12.6. The summed E-state index contributed by atoms with van der Waals surface area (Å²) in [6.45, 7) is 1.34. The molecule has 1 saturated heterocycles. The molecule has 2 aromatic carbocycles. The second-order valence-electron chi connectivity index (χ2n) is 8.05. The minimum Gasteiger partial charge on any atom is -0.497 e. The fourth-order valence-electron chi connectivity index (χ4n) is 3.80. The van der Waals surface area contributed by atoms with Crippen LogP contribution in [0.4, 0.5) is 0 Å². The van der Waals surface area contributed by atoms with Crippen LogP contribution in [0.2, 0.25) is 5.02 Å². The summed E-state index contributed by atoms with van der Waals surface area (Å²) in [5, 5.41) is 0.113. The zero-order valence-corrected chi connectivity index (χ0v) is 19.7. The molecule has 0 N–H and O–H groups in total. The molecule has 1 amide bonds. The Morgan fingerprint density at radius 1 is 1.13 bits per heavy atom. The van der Waals surface area contributed by atoms with Crippen LogP contribution in [0.1, 0.15) is 35.2 Å². The van der Waals surface area contributed by atoms with Crippen molar-refractivity contribution in [2.75, 3.05) is 34.3 Å². The fourth-order valence-corrected chi connectivity index (χ4v) is 5.19. The summed E-state index contributed by atoms with van der Waals surface area (Å²) in [5.74, 6) is 1.28. The molecule has 1 heterocycles. The van der Waals surface area contributed by atoms with E-state index in [1.807, 2.05) is 12.1 Å². The van der Waals surface area contributed by atoms with Crippen molar-refractivity contribution < 1.29 is 17.9 Å². The molecular weight excluding hydrogens is 436 g/mol. The number of carbonyl (C=O) groups is 1. The lowest BCUT2D eigenvalue weighted by Crippen LogP contribution is -2.38. The minimum atomic E-state index is -3.72.